The average Bonchev–Trinajstić information content (AvgIpc) is 2.27. The van der Waals surface area contributed by atoms with Gasteiger partial charge in [-0.25, -0.2) is 0 Å². The second-order valence-corrected chi connectivity index (χ2v) is 4.77. The van der Waals surface area contributed by atoms with Crippen molar-refractivity contribution in [3.05, 3.63) is 11.6 Å². The normalized spacial score (nSPS) is 17.4. The summed E-state index contributed by atoms with van der Waals surface area (Å²) in [4.78, 5) is 4.25. The van der Waals surface area contributed by atoms with Gasteiger partial charge < -0.3 is 5.73 Å². The van der Waals surface area contributed by atoms with Crippen molar-refractivity contribution in [2.24, 2.45) is 22.6 Å². The van der Waals surface area contributed by atoms with Crippen LogP contribution in [0, 0.1) is 11.8 Å². The molecule has 0 aliphatic carbocycles. The maximum atomic E-state index is 5.63. The third-order valence-electron chi connectivity index (χ3n) is 3.17. The van der Waals surface area contributed by atoms with Gasteiger partial charge in [0, 0.05) is 12.8 Å². The van der Waals surface area contributed by atoms with E-state index in [0.29, 0.717) is 12.5 Å². The summed E-state index contributed by atoms with van der Waals surface area (Å²) in [7, 11) is 1.85. The number of hydrogen-bond donors (Lipinski definition) is 1. The second-order valence-electron chi connectivity index (χ2n) is 4.77. The van der Waals surface area contributed by atoms with E-state index in [1.807, 2.05) is 7.05 Å². The van der Waals surface area contributed by atoms with Crippen molar-refractivity contribution >= 4 is 5.71 Å². The molecular formula is C14H28N2. The van der Waals surface area contributed by atoms with Crippen molar-refractivity contribution in [2.75, 3.05) is 13.6 Å². The Kier molecular flexibility index (Phi) is 8.18. The highest BCUT2D eigenvalue weighted by Crippen LogP contribution is 2.18. The van der Waals surface area contributed by atoms with Crippen LogP contribution in [-0.2, 0) is 0 Å². The van der Waals surface area contributed by atoms with Gasteiger partial charge in [0.2, 0.25) is 0 Å². The second kappa shape index (κ2) is 8.51. The van der Waals surface area contributed by atoms with Crippen LogP contribution in [0.15, 0.2) is 16.6 Å². The molecule has 0 aromatic rings. The van der Waals surface area contributed by atoms with Gasteiger partial charge in [-0.3, -0.25) is 4.99 Å². The summed E-state index contributed by atoms with van der Waals surface area (Å²) in [6.45, 7) is 9.62. The van der Waals surface area contributed by atoms with Gasteiger partial charge in [-0.2, -0.15) is 0 Å². The van der Waals surface area contributed by atoms with E-state index in [0.717, 1.165) is 18.1 Å². The lowest BCUT2D eigenvalue weighted by Gasteiger charge is -2.14. The maximum absolute atomic E-state index is 5.63. The number of allylic oxidation sites excluding steroid dienone is 1. The first-order valence-corrected chi connectivity index (χ1v) is 6.39. The minimum absolute atomic E-state index is 0.619. The number of aliphatic imine (C=N–C) groups is 1. The molecule has 0 aromatic carbocycles. The van der Waals surface area contributed by atoms with Gasteiger partial charge in [0.15, 0.2) is 0 Å². The number of nitrogens with two attached hydrogens (primary N) is 1. The highest BCUT2D eigenvalue weighted by molar-refractivity contribution is 5.98. The summed E-state index contributed by atoms with van der Waals surface area (Å²) in [5.74, 6) is 1.41. The molecule has 16 heavy (non-hydrogen) atoms. The Labute approximate surface area is 101 Å². The summed E-state index contributed by atoms with van der Waals surface area (Å²) in [5.41, 5.74) is 8.08. The molecule has 94 valence electrons. The van der Waals surface area contributed by atoms with E-state index in [2.05, 4.69) is 38.8 Å². The molecule has 0 amide bonds. The lowest BCUT2D eigenvalue weighted by atomic mass is 9.92. The molecule has 2 heteroatoms. The Morgan fingerprint density at radius 1 is 1.38 bits per heavy atom. The van der Waals surface area contributed by atoms with Crippen molar-refractivity contribution < 1.29 is 0 Å². The average molecular weight is 224 g/mol. The first-order valence-electron chi connectivity index (χ1n) is 6.39. The summed E-state index contributed by atoms with van der Waals surface area (Å²) < 4.78 is 0. The van der Waals surface area contributed by atoms with Crippen LogP contribution in [-0.4, -0.2) is 19.3 Å². The lowest BCUT2D eigenvalue weighted by molar-refractivity contribution is 0.454. The van der Waals surface area contributed by atoms with Crippen molar-refractivity contribution in [1.29, 1.82) is 0 Å². The fourth-order valence-corrected chi connectivity index (χ4v) is 1.90. The van der Waals surface area contributed by atoms with Crippen LogP contribution in [0.2, 0.25) is 0 Å². The summed E-state index contributed by atoms with van der Waals surface area (Å²) in [5, 5.41) is 0. The third-order valence-corrected chi connectivity index (χ3v) is 3.17. The smallest absolute Gasteiger partial charge is 0.0343 e. The van der Waals surface area contributed by atoms with Crippen LogP contribution in [0.5, 0.6) is 0 Å². The Morgan fingerprint density at radius 2 is 2.00 bits per heavy atom. The van der Waals surface area contributed by atoms with Gasteiger partial charge in [0.05, 0.1) is 0 Å². The van der Waals surface area contributed by atoms with Gasteiger partial charge in [0.25, 0.3) is 0 Å². The zero-order valence-corrected chi connectivity index (χ0v) is 11.6. The van der Waals surface area contributed by atoms with Gasteiger partial charge >= 0.3 is 0 Å². The SMILES string of the molecule is CCC(C)CC(C)/C=C(CCN)\C(C)=N/C. The van der Waals surface area contributed by atoms with Gasteiger partial charge in [-0.05, 0) is 43.7 Å². The minimum Gasteiger partial charge on any atom is -0.330 e. The van der Waals surface area contributed by atoms with Gasteiger partial charge in [-0.1, -0.05) is 33.3 Å². The van der Waals surface area contributed by atoms with E-state index >= 15 is 0 Å². The number of nitrogens with zero attached hydrogens (tertiary/aromatic N) is 1. The summed E-state index contributed by atoms with van der Waals surface area (Å²) in [6, 6.07) is 0. The van der Waals surface area contributed by atoms with Gasteiger partial charge in [0.1, 0.15) is 0 Å². The lowest BCUT2D eigenvalue weighted by Crippen LogP contribution is -2.09. The van der Waals surface area contributed by atoms with Gasteiger partial charge in [-0.15, -0.1) is 0 Å². The molecule has 0 saturated carbocycles. The molecule has 2 atom stereocenters. The Morgan fingerprint density at radius 3 is 2.44 bits per heavy atom. The highest BCUT2D eigenvalue weighted by atomic mass is 14.7. The molecule has 0 saturated heterocycles. The van der Waals surface area contributed by atoms with Crippen molar-refractivity contribution in [3.8, 4) is 0 Å². The zero-order chi connectivity index (χ0) is 12.6. The van der Waals surface area contributed by atoms with Crippen LogP contribution >= 0.6 is 0 Å². The van der Waals surface area contributed by atoms with E-state index in [9.17, 15) is 0 Å². The van der Waals surface area contributed by atoms with Crippen LogP contribution in [0.3, 0.4) is 0 Å². The Hall–Kier alpha value is -0.630. The Bertz CT molecular complexity index is 241. The molecule has 0 bridgehead atoms. The third kappa shape index (κ3) is 6.06. The molecule has 0 aliphatic rings. The number of hydrogen-bond acceptors (Lipinski definition) is 2. The summed E-state index contributed by atoms with van der Waals surface area (Å²) >= 11 is 0. The molecule has 0 aliphatic heterocycles. The van der Waals surface area contributed by atoms with Crippen molar-refractivity contribution in [1.82, 2.24) is 0 Å². The standard InChI is InChI=1S/C14H28N2/c1-6-11(2)9-12(3)10-14(7-8-15)13(4)16-5/h10-12H,6-9,15H2,1-5H3/b14-10-,16-13-. The van der Waals surface area contributed by atoms with Crippen LogP contribution in [0.25, 0.3) is 0 Å². The fraction of sp³-hybridized carbons (Fsp3) is 0.786. The number of rotatable bonds is 7. The van der Waals surface area contributed by atoms with Crippen molar-refractivity contribution in [2.45, 2.75) is 47.0 Å². The minimum atomic E-state index is 0.619. The molecule has 2 unspecified atom stereocenters. The molecular weight excluding hydrogens is 196 g/mol. The zero-order valence-electron chi connectivity index (χ0n) is 11.6. The first kappa shape index (κ1) is 15.4. The topological polar surface area (TPSA) is 38.4 Å². The monoisotopic (exact) mass is 224 g/mol. The molecule has 0 radical (unpaired) electrons. The van der Waals surface area contributed by atoms with E-state index in [1.54, 1.807) is 0 Å². The summed E-state index contributed by atoms with van der Waals surface area (Å²) in [6.07, 6.45) is 5.79. The highest BCUT2D eigenvalue weighted by Gasteiger charge is 2.07. The predicted octanol–water partition coefficient (Wildman–Crippen LogP) is 3.42. The van der Waals surface area contributed by atoms with Crippen LogP contribution in [0.4, 0.5) is 0 Å². The Balaban J connectivity index is 4.52. The molecule has 2 N–H and O–H groups in total. The van der Waals surface area contributed by atoms with E-state index in [1.165, 1.54) is 18.4 Å². The maximum Gasteiger partial charge on any atom is 0.0343 e. The molecule has 0 fully saturated rings. The van der Waals surface area contributed by atoms with E-state index < -0.39 is 0 Å². The molecule has 0 spiro atoms. The molecule has 0 rings (SSSR count). The quantitative estimate of drug-likeness (QED) is 0.661. The van der Waals surface area contributed by atoms with Crippen LogP contribution < -0.4 is 5.73 Å². The van der Waals surface area contributed by atoms with Crippen molar-refractivity contribution in [3.63, 3.8) is 0 Å². The first-order chi connectivity index (χ1) is 7.54. The van der Waals surface area contributed by atoms with E-state index in [-0.39, 0.29) is 0 Å². The fourth-order valence-electron chi connectivity index (χ4n) is 1.90. The largest absolute Gasteiger partial charge is 0.330 e. The van der Waals surface area contributed by atoms with Crippen LogP contribution in [0.1, 0.15) is 47.0 Å². The molecule has 2 nitrogen and oxygen atoms in total. The molecule has 0 aromatic heterocycles. The molecule has 0 heterocycles. The van der Waals surface area contributed by atoms with E-state index in [4.69, 9.17) is 5.73 Å². The predicted molar refractivity (Wildman–Crippen MR) is 74.0 cm³/mol.